The standard InChI is InChI=1S/C9H10N4O2S/c1-5-3-7(16-6(5)2)9-10-11-12-13(9)4-8(14)15/h3H,4H2,1-2H3,(H,14,15). The van der Waals surface area contributed by atoms with Crippen LogP contribution in [0.2, 0.25) is 0 Å². The van der Waals surface area contributed by atoms with Crippen molar-refractivity contribution in [2.75, 3.05) is 0 Å². The van der Waals surface area contributed by atoms with Crippen molar-refractivity contribution in [1.82, 2.24) is 20.2 Å². The zero-order valence-electron chi connectivity index (χ0n) is 8.84. The minimum atomic E-state index is -0.960. The van der Waals surface area contributed by atoms with Crippen molar-refractivity contribution < 1.29 is 9.90 Å². The third-order valence-corrected chi connectivity index (χ3v) is 3.35. The maximum Gasteiger partial charge on any atom is 0.325 e. The van der Waals surface area contributed by atoms with Gasteiger partial charge in [0.05, 0.1) is 4.88 Å². The van der Waals surface area contributed by atoms with Gasteiger partial charge in [0.2, 0.25) is 0 Å². The molecule has 0 bridgehead atoms. The molecule has 2 aromatic heterocycles. The number of carbonyl (C=O) groups is 1. The molecular weight excluding hydrogens is 228 g/mol. The first-order chi connectivity index (χ1) is 7.58. The van der Waals surface area contributed by atoms with Gasteiger partial charge in [0.25, 0.3) is 0 Å². The third kappa shape index (κ3) is 1.94. The van der Waals surface area contributed by atoms with E-state index in [2.05, 4.69) is 15.5 Å². The van der Waals surface area contributed by atoms with E-state index < -0.39 is 5.97 Å². The Bertz CT molecular complexity index is 512. The van der Waals surface area contributed by atoms with Crippen LogP contribution in [0.15, 0.2) is 6.07 Å². The molecule has 0 saturated carbocycles. The number of thiophene rings is 1. The van der Waals surface area contributed by atoms with Crippen molar-refractivity contribution >= 4 is 17.3 Å². The van der Waals surface area contributed by atoms with Crippen LogP contribution >= 0.6 is 11.3 Å². The minimum absolute atomic E-state index is 0.224. The van der Waals surface area contributed by atoms with E-state index in [-0.39, 0.29) is 6.54 Å². The minimum Gasteiger partial charge on any atom is -0.480 e. The molecule has 7 heteroatoms. The summed E-state index contributed by atoms with van der Waals surface area (Å²) >= 11 is 1.56. The van der Waals surface area contributed by atoms with Crippen molar-refractivity contribution in [1.29, 1.82) is 0 Å². The van der Waals surface area contributed by atoms with E-state index in [0.29, 0.717) is 5.82 Å². The molecule has 0 aromatic carbocycles. The fourth-order valence-corrected chi connectivity index (χ4v) is 2.32. The highest BCUT2D eigenvalue weighted by molar-refractivity contribution is 7.15. The molecule has 1 N–H and O–H groups in total. The first-order valence-corrected chi connectivity index (χ1v) is 5.45. The van der Waals surface area contributed by atoms with Gasteiger partial charge in [-0.25, -0.2) is 4.68 Å². The number of hydrogen-bond donors (Lipinski definition) is 1. The van der Waals surface area contributed by atoms with E-state index >= 15 is 0 Å². The smallest absolute Gasteiger partial charge is 0.325 e. The fourth-order valence-electron chi connectivity index (χ4n) is 1.30. The number of carboxylic acids is 1. The molecule has 16 heavy (non-hydrogen) atoms. The van der Waals surface area contributed by atoms with Gasteiger partial charge in [-0.15, -0.1) is 16.4 Å². The number of rotatable bonds is 3. The summed E-state index contributed by atoms with van der Waals surface area (Å²) in [5, 5.41) is 19.7. The van der Waals surface area contributed by atoms with Crippen LogP contribution in [-0.2, 0) is 11.3 Å². The number of tetrazole rings is 1. The topological polar surface area (TPSA) is 80.9 Å². The van der Waals surface area contributed by atoms with Crippen LogP contribution in [0.25, 0.3) is 10.7 Å². The number of carboxylic acid groups (broad SMARTS) is 1. The monoisotopic (exact) mass is 238 g/mol. The molecule has 2 rings (SSSR count). The molecule has 0 aliphatic carbocycles. The average Bonchev–Trinajstić information content (AvgIpc) is 2.74. The maximum atomic E-state index is 10.6. The van der Waals surface area contributed by atoms with Crippen LogP contribution in [0.1, 0.15) is 10.4 Å². The summed E-state index contributed by atoms with van der Waals surface area (Å²) in [6.45, 7) is 3.79. The van der Waals surface area contributed by atoms with Gasteiger partial charge < -0.3 is 5.11 Å². The highest BCUT2D eigenvalue weighted by Crippen LogP contribution is 2.28. The zero-order chi connectivity index (χ0) is 11.7. The molecule has 0 fully saturated rings. The molecule has 0 spiro atoms. The molecule has 0 atom stereocenters. The van der Waals surface area contributed by atoms with Crippen LogP contribution in [0.3, 0.4) is 0 Å². The summed E-state index contributed by atoms with van der Waals surface area (Å²) < 4.78 is 1.28. The average molecular weight is 238 g/mol. The predicted molar refractivity (Wildman–Crippen MR) is 58.2 cm³/mol. The molecule has 6 nitrogen and oxygen atoms in total. The van der Waals surface area contributed by atoms with Crippen LogP contribution in [0.5, 0.6) is 0 Å². The van der Waals surface area contributed by atoms with Gasteiger partial charge in [0, 0.05) is 4.88 Å². The molecule has 0 aliphatic heterocycles. The predicted octanol–water partition coefficient (Wildman–Crippen LogP) is 1.10. The molecule has 2 aromatic rings. The molecular formula is C9H10N4O2S. The second-order valence-electron chi connectivity index (χ2n) is 3.40. The summed E-state index contributed by atoms with van der Waals surface area (Å²) in [6.07, 6.45) is 0. The van der Waals surface area contributed by atoms with Gasteiger partial charge in [-0.2, -0.15) is 0 Å². The Morgan fingerprint density at radius 1 is 1.56 bits per heavy atom. The summed E-state index contributed by atoms with van der Waals surface area (Å²) in [5.74, 6) is -0.456. The molecule has 0 radical (unpaired) electrons. The SMILES string of the molecule is Cc1cc(-c2nnnn2CC(=O)O)sc1C. The first-order valence-electron chi connectivity index (χ1n) is 4.63. The van der Waals surface area contributed by atoms with Gasteiger partial charge in [-0.1, -0.05) is 0 Å². The number of aromatic nitrogens is 4. The zero-order valence-corrected chi connectivity index (χ0v) is 9.65. The van der Waals surface area contributed by atoms with Gasteiger partial charge >= 0.3 is 5.97 Å². The van der Waals surface area contributed by atoms with Gasteiger partial charge in [-0.05, 0) is 35.9 Å². The van der Waals surface area contributed by atoms with Crippen molar-refractivity contribution in [3.63, 3.8) is 0 Å². The lowest BCUT2D eigenvalue weighted by molar-refractivity contribution is -0.137. The lowest BCUT2D eigenvalue weighted by Gasteiger charge is -1.97. The van der Waals surface area contributed by atoms with Crippen molar-refractivity contribution in [3.8, 4) is 10.7 Å². The van der Waals surface area contributed by atoms with E-state index in [1.807, 2.05) is 19.9 Å². The van der Waals surface area contributed by atoms with Crippen LogP contribution < -0.4 is 0 Å². The van der Waals surface area contributed by atoms with Gasteiger partial charge in [0.15, 0.2) is 5.82 Å². The van der Waals surface area contributed by atoms with E-state index in [1.165, 1.54) is 9.56 Å². The van der Waals surface area contributed by atoms with Crippen molar-refractivity contribution in [2.45, 2.75) is 20.4 Å². The number of hydrogen-bond acceptors (Lipinski definition) is 5. The van der Waals surface area contributed by atoms with Gasteiger partial charge in [0.1, 0.15) is 6.54 Å². The Kier molecular flexibility index (Phi) is 2.69. The quantitative estimate of drug-likeness (QED) is 0.866. The van der Waals surface area contributed by atoms with Crippen LogP contribution in [-0.4, -0.2) is 31.3 Å². The molecule has 0 aliphatic rings. The Labute approximate surface area is 95.5 Å². The Balaban J connectivity index is 2.40. The Morgan fingerprint density at radius 3 is 2.88 bits per heavy atom. The fraction of sp³-hybridized carbons (Fsp3) is 0.333. The highest BCUT2D eigenvalue weighted by atomic mass is 32.1. The summed E-state index contributed by atoms with van der Waals surface area (Å²) in [7, 11) is 0. The summed E-state index contributed by atoms with van der Waals surface area (Å²) in [5.41, 5.74) is 1.16. The Hall–Kier alpha value is -1.76. The normalized spacial score (nSPS) is 10.6. The van der Waals surface area contributed by atoms with Crippen molar-refractivity contribution in [3.05, 3.63) is 16.5 Å². The summed E-state index contributed by atoms with van der Waals surface area (Å²) in [6, 6.07) is 1.96. The van der Waals surface area contributed by atoms with Gasteiger partial charge in [-0.3, -0.25) is 4.79 Å². The van der Waals surface area contributed by atoms with E-state index in [1.54, 1.807) is 11.3 Å². The Morgan fingerprint density at radius 2 is 2.31 bits per heavy atom. The maximum absolute atomic E-state index is 10.6. The second-order valence-corrected chi connectivity index (χ2v) is 4.66. The molecule has 0 amide bonds. The lowest BCUT2D eigenvalue weighted by Crippen LogP contribution is -2.11. The van der Waals surface area contributed by atoms with Crippen LogP contribution in [0, 0.1) is 13.8 Å². The summed E-state index contributed by atoms with van der Waals surface area (Å²) in [4.78, 5) is 12.7. The largest absolute Gasteiger partial charge is 0.480 e. The van der Waals surface area contributed by atoms with E-state index in [4.69, 9.17) is 5.11 Å². The number of aryl methyl sites for hydroxylation is 2. The highest BCUT2D eigenvalue weighted by Gasteiger charge is 2.14. The molecule has 2 heterocycles. The number of nitrogens with zero attached hydrogens (tertiary/aromatic N) is 4. The molecule has 0 unspecified atom stereocenters. The van der Waals surface area contributed by atoms with E-state index in [0.717, 1.165) is 10.4 Å². The first kappa shape index (κ1) is 10.7. The third-order valence-electron chi connectivity index (χ3n) is 2.20. The van der Waals surface area contributed by atoms with E-state index in [9.17, 15) is 4.79 Å². The molecule has 84 valence electrons. The van der Waals surface area contributed by atoms with Crippen molar-refractivity contribution in [2.24, 2.45) is 0 Å². The number of aliphatic carboxylic acids is 1. The lowest BCUT2D eigenvalue weighted by atomic mass is 10.3. The second kappa shape index (κ2) is 4.01. The molecule has 0 saturated heterocycles. The van der Waals surface area contributed by atoms with Crippen LogP contribution in [0.4, 0.5) is 0 Å².